The Morgan fingerprint density at radius 1 is 0.975 bits per heavy atom. The molecule has 40 heavy (non-hydrogen) atoms. The molecule has 2 saturated heterocycles. The number of benzene rings is 1. The van der Waals surface area contributed by atoms with Crippen LogP contribution in [0.15, 0.2) is 24.3 Å². The van der Waals surface area contributed by atoms with Crippen LogP contribution in [-0.4, -0.2) is 101 Å². The van der Waals surface area contributed by atoms with Crippen molar-refractivity contribution in [2.24, 2.45) is 0 Å². The maximum Gasteiger partial charge on any atom is 0.322 e. The molecule has 2 heterocycles. The second kappa shape index (κ2) is 14.3. The summed E-state index contributed by atoms with van der Waals surface area (Å²) in [4.78, 5) is 75.8. The molecule has 218 valence electrons. The number of aromatic hydroxyl groups is 1. The lowest BCUT2D eigenvalue weighted by Crippen LogP contribution is -2.57. The zero-order valence-electron chi connectivity index (χ0n) is 22.3. The molecular weight excluding hydrogens is 524 g/mol. The summed E-state index contributed by atoms with van der Waals surface area (Å²) in [5, 5.41) is 31.5. The van der Waals surface area contributed by atoms with Gasteiger partial charge in [0.15, 0.2) is 0 Å². The minimum Gasteiger partial charge on any atom is -0.508 e. The fourth-order valence-electron chi connectivity index (χ4n) is 4.71. The number of hydrogen-bond donors (Lipinski definition) is 7. The van der Waals surface area contributed by atoms with Crippen molar-refractivity contribution in [3.05, 3.63) is 29.8 Å². The molecule has 1 aromatic rings. The van der Waals surface area contributed by atoms with Crippen LogP contribution in [0.1, 0.15) is 38.2 Å². The molecule has 0 spiro atoms. The van der Waals surface area contributed by atoms with Crippen LogP contribution in [0.4, 0.5) is 0 Å². The van der Waals surface area contributed by atoms with E-state index in [1.165, 1.54) is 24.0 Å². The molecule has 1 aromatic carbocycles. The Labute approximate surface area is 231 Å². The second-order valence-electron chi connectivity index (χ2n) is 9.89. The highest BCUT2D eigenvalue weighted by Crippen LogP contribution is 2.20. The topological polar surface area (TPSA) is 206 Å². The zero-order chi connectivity index (χ0) is 29.2. The summed E-state index contributed by atoms with van der Waals surface area (Å²) >= 11 is 0. The quantitative estimate of drug-likeness (QED) is 0.150. The molecule has 2 aliphatic rings. The second-order valence-corrected chi connectivity index (χ2v) is 9.89. The molecule has 14 heteroatoms. The van der Waals surface area contributed by atoms with Gasteiger partial charge in [-0.05, 0) is 56.8 Å². The average molecular weight is 561 g/mol. The van der Waals surface area contributed by atoms with Gasteiger partial charge in [-0.3, -0.25) is 28.8 Å². The molecule has 5 amide bonds. The van der Waals surface area contributed by atoms with Crippen molar-refractivity contribution in [2.75, 3.05) is 26.2 Å². The van der Waals surface area contributed by atoms with Gasteiger partial charge in [0, 0.05) is 13.0 Å². The summed E-state index contributed by atoms with van der Waals surface area (Å²) in [7, 11) is 0. The SMILES string of the molecule is C[C@H](NC(=O)CNC(=O)[C@@H]1CCCN1)C(=O)N[C@@H](Cc1ccc(O)cc1)C(=O)N1CCC[C@H]1C(=O)NCC(=O)O. The molecule has 0 bridgehead atoms. The van der Waals surface area contributed by atoms with Crippen molar-refractivity contribution in [3.63, 3.8) is 0 Å². The molecule has 14 nitrogen and oxygen atoms in total. The van der Waals surface area contributed by atoms with Crippen LogP contribution in [0, 0.1) is 0 Å². The highest BCUT2D eigenvalue weighted by Gasteiger charge is 2.38. The van der Waals surface area contributed by atoms with Gasteiger partial charge in [-0.25, -0.2) is 0 Å². The molecule has 2 aliphatic heterocycles. The standard InChI is InChI=1S/C26H36N6O8/c1-15(30-21(34)13-28-24(38)18-4-2-10-27-18)23(37)31-19(12-16-6-8-17(33)9-7-16)26(40)32-11-3-5-20(32)25(39)29-14-22(35)36/h6-9,15,18-20,27,33H,2-5,10-14H2,1H3,(H,28,38)(H,29,39)(H,30,34)(H,31,37)(H,35,36)/t15-,18-,19-,20-/m0/s1. The summed E-state index contributed by atoms with van der Waals surface area (Å²) < 4.78 is 0. The van der Waals surface area contributed by atoms with Crippen LogP contribution >= 0.6 is 0 Å². The lowest BCUT2D eigenvalue weighted by atomic mass is 10.0. The maximum absolute atomic E-state index is 13.6. The highest BCUT2D eigenvalue weighted by molar-refractivity contribution is 5.95. The number of nitrogens with one attached hydrogen (secondary N) is 5. The van der Waals surface area contributed by atoms with Gasteiger partial charge in [0.2, 0.25) is 29.5 Å². The number of carbonyl (C=O) groups is 6. The minimum absolute atomic E-state index is 0.0255. The normalized spacial score (nSPS) is 19.8. The van der Waals surface area contributed by atoms with E-state index < -0.39 is 54.3 Å². The van der Waals surface area contributed by atoms with E-state index in [2.05, 4.69) is 26.6 Å². The molecule has 7 N–H and O–H groups in total. The molecular formula is C26H36N6O8. The molecule has 0 saturated carbocycles. The van der Waals surface area contributed by atoms with E-state index >= 15 is 0 Å². The lowest BCUT2D eigenvalue weighted by molar-refractivity contribution is -0.143. The van der Waals surface area contributed by atoms with Crippen molar-refractivity contribution >= 4 is 35.5 Å². The number of phenolic OH excluding ortho intramolecular Hbond substituents is 1. The first kappa shape index (κ1) is 30.3. The molecule has 4 atom stereocenters. The molecule has 3 rings (SSSR count). The molecule has 0 aliphatic carbocycles. The van der Waals surface area contributed by atoms with Crippen LogP contribution in [0.25, 0.3) is 0 Å². The summed E-state index contributed by atoms with van der Waals surface area (Å²) in [5.41, 5.74) is 0.627. The molecule has 0 unspecified atom stereocenters. The van der Waals surface area contributed by atoms with E-state index in [-0.39, 0.29) is 37.2 Å². The van der Waals surface area contributed by atoms with E-state index in [0.29, 0.717) is 24.8 Å². The zero-order valence-corrected chi connectivity index (χ0v) is 22.3. The van der Waals surface area contributed by atoms with Crippen LogP contribution in [-0.2, 0) is 35.2 Å². The van der Waals surface area contributed by atoms with Crippen molar-refractivity contribution < 1.29 is 39.0 Å². The largest absolute Gasteiger partial charge is 0.508 e. The van der Waals surface area contributed by atoms with Gasteiger partial charge in [0.25, 0.3) is 0 Å². The third-order valence-corrected chi connectivity index (χ3v) is 6.81. The van der Waals surface area contributed by atoms with E-state index in [4.69, 9.17) is 5.11 Å². The van der Waals surface area contributed by atoms with E-state index in [0.717, 1.165) is 13.0 Å². The van der Waals surface area contributed by atoms with Gasteiger partial charge in [0.1, 0.15) is 30.4 Å². The van der Waals surface area contributed by atoms with Gasteiger partial charge < -0.3 is 41.7 Å². The Bertz CT molecular complexity index is 1100. The fourth-order valence-corrected chi connectivity index (χ4v) is 4.71. The first-order valence-corrected chi connectivity index (χ1v) is 13.2. The predicted molar refractivity (Wildman–Crippen MR) is 141 cm³/mol. The van der Waals surface area contributed by atoms with Gasteiger partial charge in [-0.15, -0.1) is 0 Å². The highest BCUT2D eigenvalue weighted by atomic mass is 16.4. The fraction of sp³-hybridized carbons (Fsp3) is 0.538. The van der Waals surface area contributed by atoms with Crippen LogP contribution in [0.5, 0.6) is 5.75 Å². The van der Waals surface area contributed by atoms with Crippen molar-refractivity contribution in [1.82, 2.24) is 31.5 Å². The van der Waals surface area contributed by atoms with E-state index in [9.17, 15) is 33.9 Å². The number of nitrogens with zero attached hydrogens (tertiary/aromatic N) is 1. The number of phenols is 1. The van der Waals surface area contributed by atoms with Crippen LogP contribution in [0.3, 0.4) is 0 Å². The Morgan fingerprint density at radius 3 is 2.33 bits per heavy atom. The summed E-state index contributed by atoms with van der Waals surface area (Å²) in [6, 6.07) is 2.67. The van der Waals surface area contributed by atoms with Crippen molar-refractivity contribution in [3.8, 4) is 5.75 Å². The third-order valence-electron chi connectivity index (χ3n) is 6.81. The molecule has 0 radical (unpaired) electrons. The molecule has 2 fully saturated rings. The number of aliphatic carboxylic acids is 1. The number of carbonyl (C=O) groups excluding carboxylic acids is 5. The van der Waals surface area contributed by atoms with Gasteiger partial charge in [-0.1, -0.05) is 12.1 Å². The van der Waals surface area contributed by atoms with Gasteiger partial charge in [0.05, 0.1) is 12.6 Å². The van der Waals surface area contributed by atoms with Crippen LogP contribution in [0.2, 0.25) is 0 Å². The number of carboxylic acid groups (broad SMARTS) is 1. The lowest BCUT2D eigenvalue weighted by Gasteiger charge is -2.29. The Kier molecular flexibility index (Phi) is 10.8. The average Bonchev–Trinajstić information content (AvgIpc) is 3.63. The Morgan fingerprint density at radius 2 is 1.68 bits per heavy atom. The Hall–Kier alpha value is -4.20. The number of rotatable bonds is 12. The smallest absolute Gasteiger partial charge is 0.322 e. The predicted octanol–water partition coefficient (Wildman–Crippen LogP) is -2.02. The summed E-state index contributed by atoms with van der Waals surface area (Å²) in [5.74, 6) is -3.85. The van der Waals surface area contributed by atoms with Gasteiger partial charge >= 0.3 is 5.97 Å². The molecule has 0 aromatic heterocycles. The first-order valence-electron chi connectivity index (χ1n) is 13.2. The van der Waals surface area contributed by atoms with E-state index in [1.807, 2.05) is 0 Å². The summed E-state index contributed by atoms with van der Waals surface area (Å²) in [6.07, 6.45) is 2.45. The van der Waals surface area contributed by atoms with Gasteiger partial charge in [-0.2, -0.15) is 0 Å². The van der Waals surface area contributed by atoms with E-state index in [1.54, 1.807) is 12.1 Å². The number of likely N-dealkylation sites (tertiary alicyclic amines) is 1. The first-order chi connectivity index (χ1) is 19.0. The van der Waals surface area contributed by atoms with Crippen LogP contribution < -0.4 is 26.6 Å². The number of carboxylic acids is 1. The Balaban J connectivity index is 1.64. The van der Waals surface area contributed by atoms with Crippen molar-refractivity contribution in [2.45, 2.75) is 63.2 Å². The number of hydrogen-bond acceptors (Lipinski definition) is 8. The minimum atomic E-state index is -1.22. The monoisotopic (exact) mass is 560 g/mol. The van der Waals surface area contributed by atoms with Crippen molar-refractivity contribution in [1.29, 1.82) is 0 Å². The summed E-state index contributed by atoms with van der Waals surface area (Å²) in [6.45, 7) is 1.52. The maximum atomic E-state index is 13.6. The number of amides is 5. The third kappa shape index (κ3) is 8.66.